The first kappa shape index (κ1) is 11.7. The van der Waals surface area contributed by atoms with Crippen LogP contribution >= 0.6 is 0 Å². The zero-order valence-electron chi connectivity index (χ0n) is 6.41. The second-order valence-corrected chi connectivity index (χ2v) is 2.27. The fourth-order valence-corrected chi connectivity index (χ4v) is 0.759. The predicted molar refractivity (Wildman–Crippen MR) is 49.1 cm³/mol. The summed E-state index contributed by atoms with van der Waals surface area (Å²) < 4.78 is 4.79. The van der Waals surface area contributed by atoms with Crippen LogP contribution in [-0.2, 0) is 16.1 Å². The van der Waals surface area contributed by atoms with Crippen molar-refractivity contribution in [3.63, 3.8) is 0 Å². The summed E-state index contributed by atoms with van der Waals surface area (Å²) in [5, 5.41) is 0. The van der Waals surface area contributed by atoms with Crippen LogP contribution < -0.4 is 0 Å². The molecule has 0 bridgehead atoms. The Hall–Kier alpha value is -0.310. The van der Waals surface area contributed by atoms with Gasteiger partial charge in [-0.1, -0.05) is 30.3 Å². The zero-order chi connectivity index (χ0) is 8.10. The van der Waals surface area contributed by atoms with Crippen molar-refractivity contribution in [1.29, 1.82) is 0 Å². The van der Waals surface area contributed by atoms with Gasteiger partial charge in [0.25, 0.3) is 0 Å². The van der Waals surface area contributed by atoms with Crippen molar-refractivity contribution in [2.45, 2.75) is 13.5 Å². The van der Waals surface area contributed by atoms with Crippen LogP contribution in [0.2, 0.25) is 0 Å². The van der Waals surface area contributed by atoms with E-state index in [1.54, 1.807) is 0 Å². The van der Waals surface area contributed by atoms with Crippen molar-refractivity contribution >= 4 is 35.5 Å². The molecule has 0 fully saturated rings. The average Bonchev–Trinajstić information content (AvgIpc) is 2.03. The fraction of sp³-hybridized carbons (Fsp3) is 0.222. The van der Waals surface area contributed by atoms with Gasteiger partial charge in [-0.05, 0) is 5.56 Å². The summed E-state index contributed by atoms with van der Waals surface area (Å²) in [7, 11) is 0. The third-order valence-electron chi connectivity index (χ3n) is 1.28. The Morgan fingerprint density at radius 3 is 2.42 bits per heavy atom. The van der Waals surface area contributed by atoms with Gasteiger partial charge in [-0.2, -0.15) is 0 Å². The number of benzene rings is 1. The molecule has 0 saturated carbocycles. The topological polar surface area (TPSA) is 26.3 Å². The first-order valence-corrected chi connectivity index (χ1v) is 3.46. The van der Waals surface area contributed by atoms with Crippen LogP contribution in [0.3, 0.4) is 0 Å². The summed E-state index contributed by atoms with van der Waals surface area (Å²) in [6.45, 7) is 1.78. The minimum absolute atomic E-state index is 0. The summed E-state index contributed by atoms with van der Waals surface area (Å²) >= 11 is 0. The Labute approximate surface area is 94.2 Å². The molecule has 2 nitrogen and oxygen atoms in total. The van der Waals surface area contributed by atoms with E-state index in [1.807, 2.05) is 30.3 Å². The van der Waals surface area contributed by atoms with Crippen LogP contribution in [0.4, 0.5) is 0 Å². The third-order valence-corrected chi connectivity index (χ3v) is 1.28. The van der Waals surface area contributed by atoms with Gasteiger partial charge in [0, 0.05) is 6.92 Å². The number of ether oxygens (including phenoxy) is 1. The molecule has 0 amide bonds. The van der Waals surface area contributed by atoms with Crippen molar-refractivity contribution in [3.05, 3.63) is 35.9 Å². The van der Waals surface area contributed by atoms with Crippen molar-refractivity contribution in [3.8, 4) is 0 Å². The Morgan fingerprint density at radius 2 is 1.92 bits per heavy atom. The van der Waals surface area contributed by atoms with Crippen LogP contribution in [0.5, 0.6) is 0 Å². The molecule has 0 aromatic heterocycles. The third kappa shape index (κ3) is 4.54. The Bertz CT molecular complexity index is 234. The van der Waals surface area contributed by atoms with Crippen molar-refractivity contribution in [1.82, 2.24) is 0 Å². The van der Waals surface area contributed by atoms with E-state index in [0.717, 1.165) is 5.56 Å². The Kier molecular flexibility index (Phi) is 6.07. The monoisotopic (exact) mass is 174 g/mol. The maximum absolute atomic E-state index is 10.4. The molecule has 1 rings (SSSR count). The van der Waals surface area contributed by atoms with Crippen LogP contribution in [-0.4, -0.2) is 35.5 Å². The summed E-state index contributed by atoms with van der Waals surface area (Å²) in [5.41, 5.74) is 1.02. The number of carbonyl (C=O) groups is 1. The summed E-state index contributed by atoms with van der Waals surface area (Å²) in [4.78, 5) is 10.4. The molecule has 3 heteroatoms. The molecule has 0 aliphatic rings. The van der Waals surface area contributed by atoms with Crippen molar-refractivity contribution in [2.75, 3.05) is 0 Å². The van der Waals surface area contributed by atoms with Crippen molar-refractivity contribution in [2.24, 2.45) is 0 Å². The molecule has 1 aromatic rings. The number of rotatable bonds is 2. The molecular weight excluding hydrogens is 163 g/mol. The Balaban J connectivity index is 0.00000121. The van der Waals surface area contributed by atoms with E-state index in [1.165, 1.54) is 6.92 Å². The molecule has 0 saturated heterocycles. The van der Waals surface area contributed by atoms with Gasteiger partial charge < -0.3 is 4.74 Å². The first-order chi connectivity index (χ1) is 5.29. The fourth-order valence-electron chi connectivity index (χ4n) is 0.759. The van der Waals surface area contributed by atoms with E-state index in [0.29, 0.717) is 6.61 Å². The molecule has 0 atom stereocenters. The van der Waals surface area contributed by atoms with E-state index < -0.39 is 0 Å². The van der Waals surface area contributed by atoms with Gasteiger partial charge >= 0.3 is 35.5 Å². The predicted octanol–water partition coefficient (Wildman–Crippen LogP) is 1.10. The second kappa shape index (κ2) is 6.23. The molecule has 12 heavy (non-hydrogen) atoms. The summed E-state index contributed by atoms with van der Waals surface area (Å²) in [6.07, 6.45) is 0. The summed E-state index contributed by atoms with van der Waals surface area (Å²) in [6, 6.07) is 9.60. The van der Waals surface area contributed by atoms with Crippen LogP contribution in [0, 0.1) is 0 Å². The molecular formula is C9H11NaO2. The molecule has 0 aliphatic heterocycles. The molecule has 0 unspecified atom stereocenters. The van der Waals surface area contributed by atoms with Gasteiger partial charge in [0.15, 0.2) is 0 Å². The van der Waals surface area contributed by atoms with Gasteiger partial charge in [-0.15, -0.1) is 0 Å². The van der Waals surface area contributed by atoms with Crippen molar-refractivity contribution < 1.29 is 9.53 Å². The van der Waals surface area contributed by atoms with Crippen LogP contribution in [0.25, 0.3) is 0 Å². The normalized spacial score (nSPS) is 8.42. The average molecular weight is 174 g/mol. The van der Waals surface area contributed by atoms with E-state index in [4.69, 9.17) is 4.74 Å². The van der Waals surface area contributed by atoms with E-state index >= 15 is 0 Å². The van der Waals surface area contributed by atoms with Gasteiger partial charge in [0.2, 0.25) is 0 Å². The Morgan fingerprint density at radius 1 is 1.33 bits per heavy atom. The number of esters is 1. The molecule has 0 spiro atoms. The quantitative estimate of drug-likeness (QED) is 0.495. The molecule has 0 N–H and O–H groups in total. The zero-order valence-corrected chi connectivity index (χ0v) is 6.41. The minimum atomic E-state index is -0.242. The maximum atomic E-state index is 10.4. The van der Waals surface area contributed by atoms with E-state index in [2.05, 4.69) is 0 Å². The first-order valence-electron chi connectivity index (χ1n) is 3.46. The van der Waals surface area contributed by atoms with E-state index in [-0.39, 0.29) is 35.5 Å². The number of carbonyl (C=O) groups excluding carboxylic acids is 1. The summed E-state index contributed by atoms with van der Waals surface area (Å²) in [5.74, 6) is -0.242. The van der Waals surface area contributed by atoms with Gasteiger partial charge in [0.05, 0.1) is 0 Å². The molecule has 0 heterocycles. The molecule has 1 aromatic carbocycles. The van der Waals surface area contributed by atoms with E-state index in [9.17, 15) is 4.79 Å². The van der Waals surface area contributed by atoms with Gasteiger partial charge in [-0.25, -0.2) is 0 Å². The van der Waals surface area contributed by atoms with Crippen LogP contribution in [0.1, 0.15) is 12.5 Å². The number of hydrogen-bond acceptors (Lipinski definition) is 2. The number of hydrogen-bond donors (Lipinski definition) is 0. The second-order valence-electron chi connectivity index (χ2n) is 2.27. The van der Waals surface area contributed by atoms with Crippen LogP contribution in [0.15, 0.2) is 30.3 Å². The van der Waals surface area contributed by atoms with Gasteiger partial charge in [-0.3, -0.25) is 4.79 Å². The standard InChI is InChI=1S/C9H10O2.Na.H/c1-8(10)11-7-9-5-3-2-4-6-9;;/h2-6H,7H2,1H3;;. The molecule has 60 valence electrons. The molecule has 0 aliphatic carbocycles. The SMILES string of the molecule is CC(=O)OCc1ccccc1.[NaH]. The van der Waals surface area contributed by atoms with Gasteiger partial charge in [0.1, 0.15) is 6.61 Å². The molecule has 0 radical (unpaired) electrons.